The summed E-state index contributed by atoms with van der Waals surface area (Å²) in [5.74, 6) is 1.32. The Bertz CT molecular complexity index is 708. The lowest BCUT2D eigenvalue weighted by molar-refractivity contribution is -0.113. The van der Waals surface area contributed by atoms with E-state index < -0.39 is 0 Å². The van der Waals surface area contributed by atoms with Gasteiger partial charge in [-0.25, -0.2) is 0 Å². The van der Waals surface area contributed by atoms with Gasteiger partial charge in [-0.2, -0.15) is 0 Å². The molecule has 0 bridgehead atoms. The van der Waals surface area contributed by atoms with Crippen molar-refractivity contribution in [1.29, 1.82) is 0 Å². The van der Waals surface area contributed by atoms with E-state index in [4.69, 9.17) is 4.42 Å². The van der Waals surface area contributed by atoms with Crippen LogP contribution in [0.4, 0.5) is 5.69 Å². The van der Waals surface area contributed by atoms with Gasteiger partial charge in [-0.05, 0) is 38.3 Å². The van der Waals surface area contributed by atoms with Crippen LogP contribution in [0.1, 0.15) is 55.0 Å². The van der Waals surface area contributed by atoms with Gasteiger partial charge in [0.05, 0.1) is 5.75 Å². The molecule has 0 unspecified atom stereocenters. The number of aromatic nitrogens is 2. The van der Waals surface area contributed by atoms with Gasteiger partial charge in [0, 0.05) is 11.6 Å². The third-order valence-electron chi connectivity index (χ3n) is 4.36. The van der Waals surface area contributed by atoms with Crippen molar-refractivity contribution in [2.45, 2.75) is 57.1 Å². The molecule has 0 atom stereocenters. The number of nitrogens with zero attached hydrogens (tertiary/aromatic N) is 2. The number of benzene rings is 1. The van der Waals surface area contributed by atoms with Crippen LogP contribution in [0.3, 0.4) is 0 Å². The van der Waals surface area contributed by atoms with Gasteiger partial charge in [-0.15, -0.1) is 10.2 Å². The highest BCUT2D eigenvalue weighted by Gasteiger charge is 2.21. The lowest BCUT2D eigenvalue weighted by Crippen LogP contribution is -2.14. The Labute approximate surface area is 146 Å². The molecule has 0 aliphatic heterocycles. The van der Waals surface area contributed by atoms with Gasteiger partial charge in [0.1, 0.15) is 0 Å². The first-order chi connectivity index (χ1) is 11.6. The molecular formula is C18H23N3O2S. The maximum absolute atomic E-state index is 12.1. The zero-order valence-corrected chi connectivity index (χ0v) is 15.0. The molecule has 2 aromatic rings. The lowest BCUT2D eigenvalue weighted by atomic mass is 9.89. The number of hydrogen-bond donors (Lipinski definition) is 1. The average molecular weight is 345 g/mol. The molecule has 5 nitrogen and oxygen atoms in total. The molecular weight excluding hydrogens is 322 g/mol. The number of carbonyl (C=O) groups excluding carboxylic acids is 1. The van der Waals surface area contributed by atoms with Crippen LogP contribution in [0.2, 0.25) is 0 Å². The maximum Gasteiger partial charge on any atom is 0.277 e. The van der Waals surface area contributed by atoms with Gasteiger partial charge < -0.3 is 9.73 Å². The molecule has 6 heteroatoms. The van der Waals surface area contributed by atoms with Crippen LogP contribution in [0, 0.1) is 13.8 Å². The highest BCUT2D eigenvalue weighted by molar-refractivity contribution is 7.99. The minimum absolute atomic E-state index is 0.0654. The van der Waals surface area contributed by atoms with Crippen molar-refractivity contribution in [1.82, 2.24) is 10.2 Å². The Balaban J connectivity index is 1.52. The van der Waals surface area contributed by atoms with E-state index in [9.17, 15) is 4.79 Å². The summed E-state index contributed by atoms with van der Waals surface area (Å²) in [5.41, 5.74) is 3.09. The van der Waals surface area contributed by atoms with Crippen molar-refractivity contribution >= 4 is 23.4 Å². The molecule has 1 saturated carbocycles. The monoisotopic (exact) mass is 345 g/mol. The number of thioether (sulfide) groups is 1. The van der Waals surface area contributed by atoms with Crippen molar-refractivity contribution in [2.75, 3.05) is 11.1 Å². The second-order valence-corrected chi connectivity index (χ2v) is 7.32. The Morgan fingerprint density at radius 2 is 2.04 bits per heavy atom. The SMILES string of the molecule is Cc1ccc(NC(=O)CSc2nnc(C3CCCCC3)o2)c(C)c1. The number of carbonyl (C=O) groups is 1. The molecule has 24 heavy (non-hydrogen) atoms. The fourth-order valence-corrected chi connectivity index (χ4v) is 3.63. The van der Waals surface area contributed by atoms with E-state index in [0.29, 0.717) is 11.1 Å². The number of amides is 1. The smallest absolute Gasteiger partial charge is 0.277 e. The highest BCUT2D eigenvalue weighted by Crippen LogP contribution is 2.32. The van der Waals surface area contributed by atoms with Crippen LogP contribution in [0.25, 0.3) is 0 Å². The van der Waals surface area contributed by atoms with E-state index in [-0.39, 0.29) is 11.7 Å². The lowest BCUT2D eigenvalue weighted by Gasteiger charge is -2.17. The van der Waals surface area contributed by atoms with E-state index in [1.807, 2.05) is 26.0 Å². The van der Waals surface area contributed by atoms with E-state index in [0.717, 1.165) is 30.0 Å². The van der Waals surface area contributed by atoms with Crippen LogP contribution in [-0.2, 0) is 4.79 Å². The summed E-state index contributed by atoms with van der Waals surface area (Å²) in [6.45, 7) is 4.03. The van der Waals surface area contributed by atoms with E-state index in [1.165, 1.54) is 36.6 Å². The van der Waals surface area contributed by atoms with Crippen molar-refractivity contribution < 1.29 is 9.21 Å². The zero-order valence-electron chi connectivity index (χ0n) is 14.2. The van der Waals surface area contributed by atoms with E-state index >= 15 is 0 Å². The summed E-state index contributed by atoms with van der Waals surface area (Å²) in [4.78, 5) is 12.1. The Hall–Kier alpha value is -1.82. The molecule has 1 aromatic carbocycles. The summed E-state index contributed by atoms with van der Waals surface area (Å²) in [6.07, 6.45) is 6.01. The van der Waals surface area contributed by atoms with Gasteiger partial charge in [0.15, 0.2) is 0 Å². The highest BCUT2D eigenvalue weighted by atomic mass is 32.2. The van der Waals surface area contributed by atoms with Crippen molar-refractivity contribution in [3.05, 3.63) is 35.2 Å². The van der Waals surface area contributed by atoms with Crippen LogP contribution >= 0.6 is 11.8 Å². The van der Waals surface area contributed by atoms with Gasteiger partial charge in [-0.3, -0.25) is 4.79 Å². The van der Waals surface area contributed by atoms with Crippen LogP contribution in [0.5, 0.6) is 0 Å². The average Bonchev–Trinajstić information content (AvgIpc) is 3.05. The van der Waals surface area contributed by atoms with E-state index in [2.05, 4.69) is 21.6 Å². The Kier molecular flexibility index (Phi) is 5.56. The summed E-state index contributed by atoms with van der Waals surface area (Å²) in [6, 6.07) is 5.97. The first-order valence-corrected chi connectivity index (χ1v) is 9.43. The topological polar surface area (TPSA) is 68.0 Å². The summed E-state index contributed by atoms with van der Waals surface area (Å²) < 4.78 is 5.72. The number of nitrogens with one attached hydrogen (secondary N) is 1. The maximum atomic E-state index is 12.1. The minimum Gasteiger partial charge on any atom is -0.416 e. The molecule has 128 valence electrons. The molecule has 1 aliphatic rings. The number of rotatable bonds is 5. The first-order valence-electron chi connectivity index (χ1n) is 8.45. The van der Waals surface area contributed by atoms with Crippen molar-refractivity contribution in [3.8, 4) is 0 Å². The molecule has 1 aromatic heterocycles. The largest absolute Gasteiger partial charge is 0.416 e. The van der Waals surface area contributed by atoms with Crippen molar-refractivity contribution in [3.63, 3.8) is 0 Å². The van der Waals surface area contributed by atoms with Gasteiger partial charge in [0.25, 0.3) is 5.22 Å². The molecule has 1 heterocycles. The van der Waals surface area contributed by atoms with Crippen LogP contribution in [0.15, 0.2) is 27.8 Å². The summed E-state index contributed by atoms with van der Waals surface area (Å²) in [7, 11) is 0. The second-order valence-electron chi connectivity index (χ2n) is 6.40. The summed E-state index contributed by atoms with van der Waals surface area (Å²) >= 11 is 1.29. The standard InChI is InChI=1S/C18H23N3O2S/c1-12-8-9-15(13(2)10-12)19-16(22)11-24-18-21-20-17(23-18)14-6-4-3-5-7-14/h8-10,14H,3-7,11H2,1-2H3,(H,19,22). The van der Waals surface area contributed by atoms with Crippen LogP contribution < -0.4 is 5.32 Å². The van der Waals surface area contributed by atoms with Crippen molar-refractivity contribution in [2.24, 2.45) is 0 Å². The van der Waals surface area contributed by atoms with Gasteiger partial charge in [-0.1, -0.05) is 48.7 Å². The molecule has 1 aliphatic carbocycles. The fraction of sp³-hybridized carbons (Fsp3) is 0.500. The normalized spacial score (nSPS) is 15.4. The second kappa shape index (κ2) is 7.83. The van der Waals surface area contributed by atoms with Gasteiger partial charge >= 0.3 is 0 Å². The molecule has 1 fully saturated rings. The van der Waals surface area contributed by atoms with Gasteiger partial charge in [0.2, 0.25) is 11.8 Å². The molecule has 1 N–H and O–H groups in total. The molecule has 0 radical (unpaired) electrons. The molecule has 1 amide bonds. The van der Waals surface area contributed by atoms with E-state index in [1.54, 1.807) is 0 Å². The fourth-order valence-electron chi connectivity index (χ4n) is 3.06. The Morgan fingerprint density at radius 3 is 2.79 bits per heavy atom. The zero-order chi connectivity index (χ0) is 16.9. The minimum atomic E-state index is -0.0654. The third-order valence-corrected chi connectivity index (χ3v) is 5.18. The summed E-state index contributed by atoms with van der Waals surface area (Å²) in [5, 5.41) is 11.6. The number of hydrogen-bond acceptors (Lipinski definition) is 5. The molecule has 0 saturated heterocycles. The predicted octanol–water partition coefficient (Wildman–Crippen LogP) is 4.46. The molecule has 3 rings (SSSR count). The number of aryl methyl sites for hydroxylation is 2. The van der Waals surface area contributed by atoms with Crippen LogP contribution in [-0.4, -0.2) is 21.9 Å². The Morgan fingerprint density at radius 1 is 1.25 bits per heavy atom. The molecule has 0 spiro atoms. The first kappa shape index (κ1) is 17.0. The third kappa shape index (κ3) is 4.38. The quantitative estimate of drug-likeness (QED) is 0.810. The number of anilines is 1. The predicted molar refractivity (Wildman–Crippen MR) is 95.4 cm³/mol.